The van der Waals surface area contributed by atoms with Crippen LogP contribution >= 0.6 is 0 Å². The van der Waals surface area contributed by atoms with E-state index in [4.69, 9.17) is 10.5 Å². The van der Waals surface area contributed by atoms with E-state index in [2.05, 4.69) is 10.3 Å². The lowest BCUT2D eigenvalue weighted by Gasteiger charge is -2.07. The number of pyridine rings is 1. The molecule has 0 radical (unpaired) electrons. The molecule has 1 heterocycles. The minimum atomic E-state index is -0.212. The molecule has 1 amide bonds. The third-order valence-electron chi connectivity index (χ3n) is 2.58. The number of aromatic nitrogens is 1. The molecule has 0 aliphatic rings. The number of nitrogens with one attached hydrogen (secondary N) is 1. The fraction of sp³-hybridized carbons (Fsp3) is 0.143. The number of methoxy groups -OCH3 is 1. The second-order valence-corrected chi connectivity index (χ2v) is 4.00. The Kier molecular flexibility index (Phi) is 3.97. The van der Waals surface area contributed by atoms with Crippen molar-refractivity contribution in [2.75, 3.05) is 12.8 Å². The zero-order valence-corrected chi connectivity index (χ0v) is 10.6. The second-order valence-electron chi connectivity index (χ2n) is 4.00. The number of rotatable bonds is 4. The molecule has 0 spiro atoms. The molecule has 1 aromatic carbocycles. The molecule has 2 aromatic rings. The van der Waals surface area contributed by atoms with Crippen molar-refractivity contribution in [1.29, 1.82) is 0 Å². The second kappa shape index (κ2) is 5.86. The van der Waals surface area contributed by atoms with Crippen LogP contribution in [0.25, 0.3) is 0 Å². The van der Waals surface area contributed by atoms with Crippen LogP contribution in [0, 0.1) is 0 Å². The highest BCUT2D eigenvalue weighted by Crippen LogP contribution is 2.18. The number of benzene rings is 1. The summed E-state index contributed by atoms with van der Waals surface area (Å²) in [6.07, 6.45) is 1.69. The molecule has 0 saturated heterocycles. The molecule has 0 fully saturated rings. The lowest BCUT2D eigenvalue weighted by Crippen LogP contribution is -2.23. The molecule has 19 heavy (non-hydrogen) atoms. The predicted molar refractivity (Wildman–Crippen MR) is 72.8 cm³/mol. The molecule has 0 bridgehead atoms. The number of nitrogens with zero attached hydrogens (tertiary/aromatic N) is 1. The third-order valence-corrected chi connectivity index (χ3v) is 2.58. The Labute approximate surface area is 111 Å². The van der Waals surface area contributed by atoms with E-state index in [1.54, 1.807) is 24.4 Å². The zero-order valence-electron chi connectivity index (χ0n) is 10.6. The van der Waals surface area contributed by atoms with Crippen LogP contribution in [0.2, 0.25) is 0 Å². The van der Waals surface area contributed by atoms with Crippen molar-refractivity contribution in [2.24, 2.45) is 0 Å². The third kappa shape index (κ3) is 3.45. The van der Waals surface area contributed by atoms with E-state index < -0.39 is 0 Å². The number of anilines is 1. The SMILES string of the molecule is COc1cc(N)cc(C(=O)NCc2ccccn2)c1. The maximum absolute atomic E-state index is 12.0. The van der Waals surface area contributed by atoms with E-state index in [0.29, 0.717) is 23.5 Å². The normalized spacial score (nSPS) is 9.95. The number of hydrogen-bond acceptors (Lipinski definition) is 4. The van der Waals surface area contributed by atoms with E-state index in [9.17, 15) is 4.79 Å². The van der Waals surface area contributed by atoms with Gasteiger partial charge in [0.05, 0.1) is 19.3 Å². The van der Waals surface area contributed by atoms with Crippen molar-refractivity contribution in [2.45, 2.75) is 6.54 Å². The van der Waals surface area contributed by atoms with Gasteiger partial charge in [0.15, 0.2) is 0 Å². The molecule has 0 saturated carbocycles. The first-order chi connectivity index (χ1) is 9.19. The van der Waals surface area contributed by atoms with E-state index in [1.807, 2.05) is 18.2 Å². The summed E-state index contributed by atoms with van der Waals surface area (Å²) in [5.41, 5.74) is 7.46. The fourth-order valence-corrected chi connectivity index (χ4v) is 1.65. The van der Waals surface area contributed by atoms with Crippen LogP contribution in [0.15, 0.2) is 42.6 Å². The van der Waals surface area contributed by atoms with Crippen LogP contribution < -0.4 is 15.8 Å². The number of carbonyl (C=O) groups excluding carboxylic acids is 1. The number of nitrogens with two attached hydrogens (primary N) is 1. The Balaban J connectivity index is 2.06. The standard InChI is InChI=1S/C14H15N3O2/c1-19-13-7-10(6-11(15)8-13)14(18)17-9-12-4-2-3-5-16-12/h2-8H,9,15H2,1H3,(H,17,18). The van der Waals surface area contributed by atoms with Gasteiger partial charge in [0, 0.05) is 23.5 Å². The summed E-state index contributed by atoms with van der Waals surface area (Å²) >= 11 is 0. The van der Waals surface area contributed by atoms with Gasteiger partial charge in [-0.2, -0.15) is 0 Å². The molecule has 5 nitrogen and oxygen atoms in total. The van der Waals surface area contributed by atoms with Gasteiger partial charge in [0.2, 0.25) is 0 Å². The van der Waals surface area contributed by atoms with Crippen molar-refractivity contribution in [3.05, 3.63) is 53.9 Å². The molecule has 2 rings (SSSR count). The van der Waals surface area contributed by atoms with Crippen LogP contribution in [0.1, 0.15) is 16.1 Å². The van der Waals surface area contributed by atoms with Crippen molar-refractivity contribution in [3.8, 4) is 5.75 Å². The largest absolute Gasteiger partial charge is 0.497 e. The van der Waals surface area contributed by atoms with Crippen molar-refractivity contribution < 1.29 is 9.53 Å². The molecular weight excluding hydrogens is 242 g/mol. The summed E-state index contributed by atoms with van der Waals surface area (Å²) in [4.78, 5) is 16.1. The van der Waals surface area contributed by atoms with Gasteiger partial charge < -0.3 is 15.8 Å². The van der Waals surface area contributed by atoms with E-state index >= 15 is 0 Å². The summed E-state index contributed by atoms with van der Waals surface area (Å²) in [6.45, 7) is 0.372. The van der Waals surface area contributed by atoms with Gasteiger partial charge in [-0.1, -0.05) is 6.07 Å². The molecule has 1 aromatic heterocycles. The number of nitrogen functional groups attached to an aromatic ring is 1. The van der Waals surface area contributed by atoms with Crippen LogP contribution in [0.4, 0.5) is 5.69 Å². The van der Waals surface area contributed by atoms with Gasteiger partial charge in [-0.3, -0.25) is 9.78 Å². The monoisotopic (exact) mass is 257 g/mol. The fourth-order valence-electron chi connectivity index (χ4n) is 1.65. The molecule has 0 aliphatic carbocycles. The van der Waals surface area contributed by atoms with Gasteiger partial charge in [-0.05, 0) is 24.3 Å². The van der Waals surface area contributed by atoms with E-state index in [-0.39, 0.29) is 5.91 Å². The van der Waals surface area contributed by atoms with Gasteiger partial charge in [-0.25, -0.2) is 0 Å². The zero-order chi connectivity index (χ0) is 13.7. The number of carbonyl (C=O) groups is 1. The quantitative estimate of drug-likeness (QED) is 0.816. The van der Waals surface area contributed by atoms with Crippen molar-refractivity contribution in [1.82, 2.24) is 10.3 Å². The van der Waals surface area contributed by atoms with E-state index in [1.165, 1.54) is 7.11 Å². The number of amides is 1. The average molecular weight is 257 g/mol. The molecule has 0 atom stereocenters. The van der Waals surface area contributed by atoms with Crippen molar-refractivity contribution in [3.63, 3.8) is 0 Å². The van der Waals surface area contributed by atoms with Crippen LogP contribution in [0.5, 0.6) is 5.75 Å². The predicted octanol–water partition coefficient (Wildman–Crippen LogP) is 1.60. The highest BCUT2D eigenvalue weighted by molar-refractivity contribution is 5.95. The van der Waals surface area contributed by atoms with Gasteiger partial charge in [-0.15, -0.1) is 0 Å². The molecule has 0 unspecified atom stereocenters. The molecule has 98 valence electrons. The summed E-state index contributed by atoms with van der Waals surface area (Å²) < 4.78 is 5.08. The van der Waals surface area contributed by atoms with Crippen molar-refractivity contribution >= 4 is 11.6 Å². The summed E-state index contributed by atoms with van der Waals surface area (Å²) in [6, 6.07) is 10.5. The minimum absolute atomic E-state index is 0.212. The Bertz CT molecular complexity index is 570. The molecule has 5 heteroatoms. The van der Waals surface area contributed by atoms with E-state index in [0.717, 1.165) is 5.69 Å². The summed E-state index contributed by atoms with van der Waals surface area (Å²) in [7, 11) is 1.53. The van der Waals surface area contributed by atoms with Crippen LogP contribution in [-0.4, -0.2) is 18.0 Å². The summed E-state index contributed by atoms with van der Waals surface area (Å²) in [5, 5.41) is 2.78. The lowest BCUT2D eigenvalue weighted by molar-refractivity contribution is 0.0950. The Morgan fingerprint density at radius 1 is 1.37 bits per heavy atom. The average Bonchev–Trinajstić information content (AvgIpc) is 2.45. The van der Waals surface area contributed by atoms with Gasteiger partial charge in [0.1, 0.15) is 5.75 Å². The van der Waals surface area contributed by atoms with Crippen LogP contribution in [0.3, 0.4) is 0 Å². The number of ether oxygens (including phenoxy) is 1. The highest BCUT2D eigenvalue weighted by Gasteiger charge is 2.08. The first kappa shape index (κ1) is 12.9. The lowest BCUT2D eigenvalue weighted by atomic mass is 10.1. The first-order valence-electron chi connectivity index (χ1n) is 5.81. The van der Waals surface area contributed by atoms with Crippen LogP contribution in [-0.2, 0) is 6.54 Å². The van der Waals surface area contributed by atoms with Gasteiger partial charge in [0.25, 0.3) is 5.91 Å². The Morgan fingerprint density at radius 2 is 2.21 bits per heavy atom. The Hall–Kier alpha value is -2.56. The minimum Gasteiger partial charge on any atom is -0.497 e. The molecular formula is C14H15N3O2. The first-order valence-corrected chi connectivity index (χ1v) is 5.81. The molecule has 0 aliphatic heterocycles. The summed E-state index contributed by atoms with van der Waals surface area (Å²) in [5.74, 6) is 0.347. The topological polar surface area (TPSA) is 77.2 Å². The Morgan fingerprint density at radius 3 is 2.89 bits per heavy atom. The smallest absolute Gasteiger partial charge is 0.251 e. The van der Waals surface area contributed by atoms with Gasteiger partial charge >= 0.3 is 0 Å². The maximum Gasteiger partial charge on any atom is 0.251 e. The molecule has 3 N–H and O–H groups in total. The highest BCUT2D eigenvalue weighted by atomic mass is 16.5. The maximum atomic E-state index is 12.0. The number of hydrogen-bond donors (Lipinski definition) is 2.